The van der Waals surface area contributed by atoms with E-state index in [1.165, 1.54) is 50.7 Å². The lowest BCUT2D eigenvalue weighted by Gasteiger charge is -2.37. The Hall–Kier alpha value is -0.890. The maximum Gasteiger partial charge on any atom is 0.159 e. The molecule has 3 heteroatoms. The minimum Gasteiger partial charge on any atom is -0.204 e. The molecule has 3 rings (SSSR count). The number of hydrogen-bond acceptors (Lipinski definition) is 0. The highest BCUT2D eigenvalue weighted by Gasteiger charge is 2.30. The largest absolute Gasteiger partial charge is 0.204 e. The van der Waals surface area contributed by atoms with Crippen LogP contribution in [-0.2, 0) is 0 Å². The molecule has 2 saturated carbocycles. The summed E-state index contributed by atoms with van der Waals surface area (Å²) in [6, 6.07) is 4.42. The fourth-order valence-corrected chi connectivity index (χ4v) is 4.81. The SMILES string of the molecule is Fc1ccc(C2CCC(C3CCC(/C=C/Cl)CC3)CC2)cc1F. The summed E-state index contributed by atoms with van der Waals surface area (Å²) in [5.41, 5.74) is 2.64. The molecule has 0 amide bonds. The predicted octanol–water partition coefficient (Wildman–Crippen LogP) is 6.80. The fraction of sp³-hybridized carbons (Fsp3) is 0.600. The standard InChI is InChI=1S/C20H25ClF2/c21-12-11-14-1-3-15(4-2-14)16-5-7-17(8-6-16)18-9-10-19(22)20(23)13-18/h9-17H,1-8H2/b12-11+. The Morgan fingerprint density at radius 3 is 2.00 bits per heavy atom. The predicted molar refractivity (Wildman–Crippen MR) is 91.5 cm³/mol. The van der Waals surface area contributed by atoms with Crippen molar-refractivity contribution >= 4 is 11.6 Å². The molecular weight excluding hydrogens is 314 g/mol. The molecule has 2 aliphatic carbocycles. The van der Waals surface area contributed by atoms with Gasteiger partial charge in [0, 0.05) is 5.54 Å². The van der Waals surface area contributed by atoms with Crippen molar-refractivity contribution in [2.45, 2.75) is 57.3 Å². The lowest BCUT2D eigenvalue weighted by atomic mass is 9.68. The summed E-state index contributed by atoms with van der Waals surface area (Å²) in [6.07, 6.45) is 12.0. The van der Waals surface area contributed by atoms with Crippen LogP contribution < -0.4 is 0 Å². The molecule has 0 atom stereocenters. The zero-order valence-corrected chi connectivity index (χ0v) is 14.2. The molecular formula is C20H25ClF2. The molecule has 0 radical (unpaired) electrons. The topological polar surface area (TPSA) is 0 Å². The maximum atomic E-state index is 13.4. The summed E-state index contributed by atoms with van der Waals surface area (Å²) >= 11 is 5.68. The molecule has 2 aliphatic rings. The smallest absolute Gasteiger partial charge is 0.159 e. The number of halogens is 3. The Kier molecular flexibility index (Phi) is 5.74. The van der Waals surface area contributed by atoms with Crippen molar-refractivity contribution in [3.8, 4) is 0 Å². The molecule has 0 unspecified atom stereocenters. The molecule has 1 aromatic rings. The highest BCUT2D eigenvalue weighted by molar-refractivity contribution is 6.25. The third-order valence-corrected chi connectivity index (χ3v) is 6.16. The van der Waals surface area contributed by atoms with Crippen LogP contribution in [0.3, 0.4) is 0 Å². The van der Waals surface area contributed by atoms with Gasteiger partial charge < -0.3 is 0 Å². The van der Waals surface area contributed by atoms with Crippen molar-refractivity contribution in [3.05, 3.63) is 47.0 Å². The second kappa shape index (κ2) is 7.79. The summed E-state index contributed by atoms with van der Waals surface area (Å²) in [5, 5.41) is 0. The first kappa shape index (κ1) is 17.0. The Morgan fingerprint density at radius 2 is 1.43 bits per heavy atom. The van der Waals surface area contributed by atoms with Crippen LogP contribution in [-0.4, -0.2) is 0 Å². The summed E-state index contributed by atoms with van der Waals surface area (Å²) < 4.78 is 26.5. The Morgan fingerprint density at radius 1 is 0.826 bits per heavy atom. The van der Waals surface area contributed by atoms with E-state index in [1.807, 2.05) is 0 Å². The zero-order valence-electron chi connectivity index (χ0n) is 13.5. The van der Waals surface area contributed by atoms with Crippen molar-refractivity contribution < 1.29 is 8.78 Å². The molecule has 126 valence electrons. The second-order valence-electron chi connectivity index (χ2n) is 7.28. The number of hydrogen-bond donors (Lipinski definition) is 0. The van der Waals surface area contributed by atoms with Crippen molar-refractivity contribution in [2.24, 2.45) is 17.8 Å². The average Bonchev–Trinajstić information content (AvgIpc) is 2.59. The molecule has 0 heterocycles. The maximum absolute atomic E-state index is 13.4. The van der Waals surface area contributed by atoms with Gasteiger partial charge in [-0.15, -0.1) is 0 Å². The molecule has 0 nitrogen and oxygen atoms in total. The van der Waals surface area contributed by atoms with Gasteiger partial charge in [-0.05, 0) is 92.7 Å². The monoisotopic (exact) mass is 338 g/mol. The zero-order chi connectivity index (χ0) is 16.2. The minimum atomic E-state index is -0.745. The molecule has 0 aromatic heterocycles. The van der Waals surface area contributed by atoms with Crippen LogP contribution in [0.1, 0.15) is 62.8 Å². The first-order chi connectivity index (χ1) is 11.2. The van der Waals surface area contributed by atoms with Gasteiger partial charge in [-0.25, -0.2) is 8.78 Å². The van der Waals surface area contributed by atoms with Gasteiger partial charge in [-0.2, -0.15) is 0 Å². The van der Waals surface area contributed by atoms with Gasteiger partial charge >= 0.3 is 0 Å². The van der Waals surface area contributed by atoms with Crippen LogP contribution in [0, 0.1) is 29.4 Å². The Balaban J connectivity index is 1.51. The van der Waals surface area contributed by atoms with Gasteiger partial charge in [0.2, 0.25) is 0 Å². The van der Waals surface area contributed by atoms with E-state index >= 15 is 0 Å². The molecule has 0 spiro atoms. The van der Waals surface area contributed by atoms with Crippen LogP contribution in [0.4, 0.5) is 8.78 Å². The van der Waals surface area contributed by atoms with E-state index in [0.29, 0.717) is 11.8 Å². The van der Waals surface area contributed by atoms with Crippen molar-refractivity contribution in [3.63, 3.8) is 0 Å². The second-order valence-corrected chi connectivity index (χ2v) is 7.53. The van der Waals surface area contributed by atoms with E-state index in [4.69, 9.17) is 11.6 Å². The first-order valence-corrected chi connectivity index (χ1v) is 9.33. The van der Waals surface area contributed by atoms with Crippen molar-refractivity contribution in [1.82, 2.24) is 0 Å². The van der Waals surface area contributed by atoms with Crippen molar-refractivity contribution in [2.75, 3.05) is 0 Å². The lowest BCUT2D eigenvalue weighted by molar-refractivity contribution is 0.171. The lowest BCUT2D eigenvalue weighted by Crippen LogP contribution is -2.25. The Labute approximate surface area is 142 Å². The van der Waals surface area contributed by atoms with E-state index in [2.05, 4.69) is 6.08 Å². The quantitative estimate of drug-likeness (QED) is 0.568. The third kappa shape index (κ3) is 4.15. The van der Waals surface area contributed by atoms with Gasteiger partial charge in [0.05, 0.1) is 0 Å². The highest BCUT2D eigenvalue weighted by atomic mass is 35.5. The molecule has 2 fully saturated rings. The highest BCUT2D eigenvalue weighted by Crippen LogP contribution is 2.44. The van der Waals surface area contributed by atoms with E-state index in [1.54, 1.807) is 11.6 Å². The van der Waals surface area contributed by atoms with Crippen LogP contribution in [0.15, 0.2) is 29.8 Å². The number of allylic oxidation sites excluding steroid dienone is 1. The van der Waals surface area contributed by atoms with E-state index in [0.717, 1.165) is 30.2 Å². The van der Waals surface area contributed by atoms with Crippen LogP contribution in [0.2, 0.25) is 0 Å². The average molecular weight is 339 g/mol. The molecule has 1 aromatic carbocycles. The van der Waals surface area contributed by atoms with Gasteiger partial charge in [-0.3, -0.25) is 0 Å². The van der Waals surface area contributed by atoms with Crippen LogP contribution in [0.25, 0.3) is 0 Å². The number of rotatable bonds is 3. The summed E-state index contributed by atoms with van der Waals surface area (Å²) in [5.74, 6) is 1.28. The van der Waals surface area contributed by atoms with E-state index in [9.17, 15) is 8.78 Å². The summed E-state index contributed by atoms with van der Waals surface area (Å²) in [7, 11) is 0. The van der Waals surface area contributed by atoms with Gasteiger partial charge in [0.1, 0.15) is 0 Å². The van der Waals surface area contributed by atoms with Gasteiger partial charge in [-0.1, -0.05) is 23.7 Å². The van der Waals surface area contributed by atoms with Crippen LogP contribution in [0.5, 0.6) is 0 Å². The van der Waals surface area contributed by atoms with E-state index in [-0.39, 0.29) is 0 Å². The van der Waals surface area contributed by atoms with Gasteiger partial charge in [0.25, 0.3) is 0 Å². The normalized spacial score (nSPS) is 32.3. The molecule has 0 aliphatic heterocycles. The third-order valence-electron chi connectivity index (χ3n) is 6.01. The van der Waals surface area contributed by atoms with Gasteiger partial charge in [0.15, 0.2) is 11.6 Å². The summed E-state index contributed by atoms with van der Waals surface area (Å²) in [4.78, 5) is 0. The number of benzene rings is 1. The molecule has 0 saturated heterocycles. The minimum absolute atomic E-state index is 0.400. The van der Waals surface area contributed by atoms with Crippen LogP contribution >= 0.6 is 11.6 Å². The summed E-state index contributed by atoms with van der Waals surface area (Å²) in [6.45, 7) is 0. The fourth-order valence-electron chi connectivity index (χ4n) is 4.60. The molecule has 23 heavy (non-hydrogen) atoms. The first-order valence-electron chi connectivity index (χ1n) is 8.89. The molecule has 0 N–H and O–H groups in total. The Bertz CT molecular complexity index is 539. The van der Waals surface area contributed by atoms with Crippen molar-refractivity contribution in [1.29, 1.82) is 0 Å². The van der Waals surface area contributed by atoms with E-state index < -0.39 is 11.6 Å². The molecule has 0 bridgehead atoms.